The predicted molar refractivity (Wildman–Crippen MR) is 195 cm³/mol. The first kappa shape index (κ1) is 36.1. The molecular formula is C38H46N6O6S. The lowest BCUT2D eigenvalue weighted by molar-refractivity contribution is 0.0572. The summed E-state index contributed by atoms with van der Waals surface area (Å²) in [6, 6.07) is 20.8. The first-order valence-corrected chi connectivity index (χ1v) is 18.7. The Balaban J connectivity index is 1.24. The van der Waals surface area contributed by atoms with E-state index < -0.39 is 16.1 Å². The number of imide groups is 1. The normalized spacial score (nSPS) is 16.4. The number of nitrogens with one attached hydrogen (secondary N) is 1. The van der Waals surface area contributed by atoms with Gasteiger partial charge in [-0.1, -0.05) is 42.5 Å². The number of hydrogen-bond acceptors (Lipinski definition) is 9. The zero-order valence-corrected chi connectivity index (χ0v) is 30.9. The second-order valence-corrected chi connectivity index (χ2v) is 14.8. The van der Waals surface area contributed by atoms with Crippen LogP contribution in [0.5, 0.6) is 11.5 Å². The summed E-state index contributed by atoms with van der Waals surface area (Å²) in [7, 11) is 0.939. The molecule has 2 unspecified atom stereocenters. The van der Waals surface area contributed by atoms with Gasteiger partial charge in [-0.3, -0.25) is 24.1 Å². The molecule has 1 fully saturated rings. The van der Waals surface area contributed by atoms with Crippen LogP contribution < -0.4 is 19.1 Å². The average molecular weight is 715 g/mol. The Bertz CT molecular complexity index is 2020. The van der Waals surface area contributed by atoms with E-state index in [0.717, 1.165) is 18.8 Å². The van der Waals surface area contributed by atoms with Crippen LogP contribution in [-0.4, -0.2) is 86.8 Å². The van der Waals surface area contributed by atoms with Crippen molar-refractivity contribution in [1.29, 1.82) is 0 Å². The van der Waals surface area contributed by atoms with E-state index >= 15 is 0 Å². The predicted octanol–water partition coefficient (Wildman–Crippen LogP) is 5.03. The third kappa shape index (κ3) is 6.97. The molecule has 0 bridgehead atoms. The Hall–Kier alpha value is -4.72. The molecule has 0 aliphatic carbocycles. The van der Waals surface area contributed by atoms with Gasteiger partial charge in [-0.05, 0) is 69.0 Å². The van der Waals surface area contributed by atoms with Crippen LogP contribution >= 0.6 is 0 Å². The number of hydrogen-bond donors (Lipinski definition) is 1. The molecular weight excluding hydrogens is 669 g/mol. The molecule has 2 atom stereocenters. The van der Waals surface area contributed by atoms with Crippen molar-refractivity contribution in [2.75, 3.05) is 51.8 Å². The number of carbonyl (C=O) groups is 2. The summed E-state index contributed by atoms with van der Waals surface area (Å²) in [6.07, 6.45) is 0.651. The zero-order valence-electron chi connectivity index (χ0n) is 30.0. The molecule has 1 N–H and O–H groups in total. The maximum Gasteiger partial charge on any atom is 0.264 e. The molecule has 2 aliphatic heterocycles. The molecule has 12 nitrogen and oxygen atoms in total. The maximum absolute atomic E-state index is 14.5. The summed E-state index contributed by atoms with van der Waals surface area (Å²) in [5, 5.41) is 4.24. The Kier molecular flexibility index (Phi) is 10.5. The van der Waals surface area contributed by atoms with Crippen LogP contribution in [0.3, 0.4) is 0 Å². The molecule has 6 rings (SSSR count). The molecule has 0 saturated carbocycles. The van der Waals surface area contributed by atoms with Crippen LogP contribution in [0.1, 0.15) is 75.1 Å². The molecule has 2 amide bonds. The van der Waals surface area contributed by atoms with Crippen LogP contribution in [-0.2, 0) is 17.1 Å². The van der Waals surface area contributed by atoms with Gasteiger partial charge in [0.25, 0.3) is 11.8 Å². The third-order valence-electron chi connectivity index (χ3n) is 10.2. The standard InChI is InChI=1S/C38H46N6O6S/c1-25-36(27(3)41(4)40-25)51(47,48)39-19-11-16-31(29-17-18-33(49-5)34(24-29)50-6)44-37(45)30-14-10-15-32(35(30)38(44)46)43-22-20-42(21-23-43)26(2)28-12-8-7-9-13-28/h7-10,12-15,17-18,24,26,31,39H,11,16,19-23H2,1-6H3. The molecule has 51 heavy (non-hydrogen) atoms. The van der Waals surface area contributed by atoms with Crippen molar-refractivity contribution < 1.29 is 27.5 Å². The van der Waals surface area contributed by atoms with Crippen LogP contribution in [0.2, 0.25) is 0 Å². The minimum atomic E-state index is -3.84. The first-order valence-electron chi connectivity index (χ1n) is 17.2. The number of sulfonamides is 1. The van der Waals surface area contributed by atoms with Crippen LogP contribution in [0.15, 0.2) is 71.6 Å². The van der Waals surface area contributed by atoms with Crippen molar-refractivity contribution in [3.63, 3.8) is 0 Å². The van der Waals surface area contributed by atoms with Gasteiger partial charge < -0.3 is 14.4 Å². The average Bonchev–Trinajstić information content (AvgIpc) is 3.56. The molecule has 3 heterocycles. The van der Waals surface area contributed by atoms with Gasteiger partial charge in [0.05, 0.1) is 48.5 Å². The number of carbonyl (C=O) groups excluding carboxylic acids is 2. The largest absolute Gasteiger partial charge is 0.493 e. The van der Waals surface area contributed by atoms with Gasteiger partial charge >= 0.3 is 0 Å². The Morgan fingerprint density at radius 3 is 2.22 bits per heavy atom. The van der Waals surface area contributed by atoms with Crippen molar-refractivity contribution in [3.05, 3.63) is 100 Å². The highest BCUT2D eigenvalue weighted by atomic mass is 32.2. The highest BCUT2D eigenvalue weighted by molar-refractivity contribution is 7.89. The number of fused-ring (bicyclic) bond motifs is 1. The van der Waals surface area contributed by atoms with Gasteiger partial charge in [0.2, 0.25) is 10.0 Å². The number of aryl methyl sites for hydroxylation is 2. The highest BCUT2D eigenvalue weighted by Gasteiger charge is 2.43. The Labute approximate surface area is 300 Å². The fraction of sp³-hybridized carbons (Fsp3) is 0.395. The summed E-state index contributed by atoms with van der Waals surface area (Å²) < 4.78 is 41.8. The van der Waals surface area contributed by atoms with Gasteiger partial charge in [0.15, 0.2) is 11.5 Å². The summed E-state index contributed by atoms with van der Waals surface area (Å²) in [6.45, 7) is 8.74. The lowest BCUT2D eigenvalue weighted by atomic mass is 9.99. The Morgan fingerprint density at radius 1 is 0.863 bits per heavy atom. The van der Waals surface area contributed by atoms with Crippen molar-refractivity contribution in [1.82, 2.24) is 24.3 Å². The Morgan fingerprint density at radius 2 is 1.57 bits per heavy atom. The number of anilines is 1. The number of benzene rings is 3. The number of rotatable bonds is 13. The van der Waals surface area contributed by atoms with E-state index in [4.69, 9.17) is 9.47 Å². The third-order valence-corrected chi connectivity index (χ3v) is 11.9. The highest BCUT2D eigenvalue weighted by Crippen LogP contribution is 2.41. The van der Waals surface area contributed by atoms with E-state index in [2.05, 4.69) is 50.8 Å². The van der Waals surface area contributed by atoms with Crippen molar-refractivity contribution >= 4 is 27.5 Å². The quantitative estimate of drug-likeness (QED) is 0.150. The summed E-state index contributed by atoms with van der Waals surface area (Å²) in [5.74, 6) is 0.228. The SMILES string of the molecule is COc1ccc(C(CCCNS(=O)(=O)c2c(C)nn(C)c2C)N2C(=O)c3cccc(N4CCN(C(C)c5ccccc5)CC4)c3C2=O)cc1OC. The van der Waals surface area contributed by atoms with E-state index in [9.17, 15) is 18.0 Å². The van der Waals surface area contributed by atoms with Crippen LogP contribution in [0.4, 0.5) is 5.69 Å². The van der Waals surface area contributed by atoms with Crippen LogP contribution in [0, 0.1) is 13.8 Å². The molecule has 0 spiro atoms. The molecule has 13 heteroatoms. The fourth-order valence-corrected chi connectivity index (χ4v) is 8.85. The van der Waals surface area contributed by atoms with E-state index in [1.807, 2.05) is 24.3 Å². The molecule has 1 saturated heterocycles. The molecule has 1 aromatic heterocycles. The number of piperazine rings is 1. The number of nitrogens with zero attached hydrogens (tertiary/aromatic N) is 5. The monoisotopic (exact) mass is 714 g/mol. The molecule has 3 aromatic carbocycles. The number of amides is 2. The van der Waals surface area contributed by atoms with E-state index in [1.54, 1.807) is 50.9 Å². The lowest BCUT2D eigenvalue weighted by Crippen LogP contribution is -2.47. The van der Waals surface area contributed by atoms with E-state index in [-0.39, 0.29) is 29.3 Å². The topological polar surface area (TPSA) is 126 Å². The number of ether oxygens (including phenoxy) is 2. The number of methoxy groups -OCH3 is 2. The second-order valence-electron chi connectivity index (χ2n) is 13.1. The molecule has 270 valence electrons. The zero-order chi connectivity index (χ0) is 36.4. The second kappa shape index (κ2) is 14.9. The molecule has 0 radical (unpaired) electrons. The van der Waals surface area contributed by atoms with Gasteiger partial charge in [-0.2, -0.15) is 5.10 Å². The molecule has 2 aliphatic rings. The number of aromatic nitrogens is 2. The van der Waals surface area contributed by atoms with Crippen molar-refractivity contribution in [2.45, 2.75) is 50.6 Å². The minimum Gasteiger partial charge on any atom is -0.493 e. The van der Waals surface area contributed by atoms with Crippen LogP contribution in [0.25, 0.3) is 0 Å². The van der Waals surface area contributed by atoms with Crippen molar-refractivity contribution in [3.8, 4) is 11.5 Å². The lowest BCUT2D eigenvalue weighted by Gasteiger charge is -2.39. The molecule has 4 aromatic rings. The maximum atomic E-state index is 14.5. The van der Waals surface area contributed by atoms with Crippen molar-refractivity contribution in [2.24, 2.45) is 7.05 Å². The van der Waals surface area contributed by atoms with Gasteiger partial charge in [-0.15, -0.1) is 0 Å². The summed E-state index contributed by atoms with van der Waals surface area (Å²) >= 11 is 0. The van der Waals surface area contributed by atoms with E-state index in [1.165, 1.54) is 17.6 Å². The fourth-order valence-electron chi connectivity index (χ4n) is 7.35. The minimum absolute atomic E-state index is 0.0972. The van der Waals surface area contributed by atoms with Gasteiger partial charge in [0, 0.05) is 45.8 Å². The van der Waals surface area contributed by atoms with E-state index in [0.29, 0.717) is 65.5 Å². The smallest absolute Gasteiger partial charge is 0.264 e. The summed E-state index contributed by atoms with van der Waals surface area (Å²) in [5.41, 5.74) is 4.42. The van der Waals surface area contributed by atoms with Gasteiger partial charge in [0.1, 0.15) is 4.90 Å². The van der Waals surface area contributed by atoms with Gasteiger partial charge in [-0.25, -0.2) is 13.1 Å². The first-order chi connectivity index (χ1) is 24.5. The summed E-state index contributed by atoms with van der Waals surface area (Å²) in [4.78, 5) is 34.8.